The van der Waals surface area contributed by atoms with Crippen molar-refractivity contribution in [3.8, 4) is 0 Å². The predicted molar refractivity (Wildman–Crippen MR) is 51.0 cm³/mol. The standard InChI is InChI=1S/C11H14FN/c12-10-3-1-2-8(6-10)9-4-5-11(13)7-9/h1-3,6,9,11H,4-5,7,13H2/t9-,11?/m0/s1. The van der Waals surface area contributed by atoms with Crippen LogP contribution in [0.3, 0.4) is 0 Å². The van der Waals surface area contributed by atoms with Gasteiger partial charge in [0.15, 0.2) is 0 Å². The van der Waals surface area contributed by atoms with Gasteiger partial charge in [-0.15, -0.1) is 0 Å². The summed E-state index contributed by atoms with van der Waals surface area (Å²) in [5.41, 5.74) is 6.91. The SMILES string of the molecule is NC1CC[C@H](c2cccc(F)c2)C1. The first-order chi connectivity index (χ1) is 6.25. The minimum atomic E-state index is -0.141. The zero-order valence-electron chi connectivity index (χ0n) is 7.54. The van der Waals surface area contributed by atoms with Crippen molar-refractivity contribution in [3.05, 3.63) is 35.6 Å². The summed E-state index contributed by atoms with van der Waals surface area (Å²) < 4.78 is 12.9. The minimum absolute atomic E-state index is 0.141. The summed E-state index contributed by atoms with van der Waals surface area (Å²) in [7, 11) is 0. The number of benzene rings is 1. The molecular weight excluding hydrogens is 165 g/mol. The second-order valence-electron chi connectivity index (χ2n) is 3.83. The molecule has 1 fully saturated rings. The van der Waals surface area contributed by atoms with Crippen molar-refractivity contribution in [3.63, 3.8) is 0 Å². The third-order valence-corrected chi connectivity index (χ3v) is 2.79. The third kappa shape index (κ3) is 1.89. The lowest BCUT2D eigenvalue weighted by molar-refractivity contribution is 0.616. The van der Waals surface area contributed by atoms with Crippen molar-refractivity contribution in [2.75, 3.05) is 0 Å². The highest BCUT2D eigenvalue weighted by atomic mass is 19.1. The van der Waals surface area contributed by atoms with Gasteiger partial charge in [0, 0.05) is 6.04 Å². The molecular formula is C11H14FN. The first-order valence-corrected chi connectivity index (χ1v) is 4.77. The molecule has 1 aliphatic rings. The molecule has 0 heterocycles. The molecule has 1 aliphatic carbocycles. The first kappa shape index (κ1) is 8.70. The van der Waals surface area contributed by atoms with Crippen LogP contribution in [0.1, 0.15) is 30.7 Å². The van der Waals surface area contributed by atoms with E-state index in [2.05, 4.69) is 0 Å². The van der Waals surface area contributed by atoms with E-state index in [-0.39, 0.29) is 5.82 Å². The van der Waals surface area contributed by atoms with Gasteiger partial charge >= 0.3 is 0 Å². The monoisotopic (exact) mass is 179 g/mol. The molecule has 2 atom stereocenters. The van der Waals surface area contributed by atoms with E-state index in [0.29, 0.717) is 12.0 Å². The molecule has 2 N–H and O–H groups in total. The molecule has 1 unspecified atom stereocenters. The molecule has 0 saturated heterocycles. The Hall–Kier alpha value is -0.890. The quantitative estimate of drug-likeness (QED) is 0.704. The van der Waals surface area contributed by atoms with Gasteiger partial charge in [0.25, 0.3) is 0 Å². The second kappa shape index (κ2) is 3.46. The van der Waals surface area contributed by atoms with Crippen molar-refractivity contribution in [1.82, 2.24) is 0 Å². The lowest BCUT2D eigenvalue weighted by atomic mass is 9.97. The van der Waals surface area contributed by atoms with Gasteiger partial charge in [0.05, 0.1) is 0 Å². The molecule has 1 aromatic carbocycles. The highest BCUT2D eigenvalue weighted by molar-refractivity contribution is 5.22. The summed E-state index contributed by atoms with van der Waals surface area (Å²) in [5, 5.41) is 0. The normalized spacial score (nSPS) is 27.8. The van der Waals surface area contributed by atoms with Gasteiger partial charge in [-0.05, 0) is 42.9 Å². The third-order valence-electron chi connectivity index (χ3n) is 2.79. The van der Waals surface area contributed by atoms with Crippen molar-refractivity contribution < 1.29 is 4.39 Å². The Morgan fingerprint density at radius 2 is 2.15 bits per heavy atom. The Balaban J connectivity index is 2.16. The highest BCUT2D eigenvalue weighted by Crippen LogP contribution is 2.33. The maximum absolute atomic E-state index is 12.9. The predicted octanol–water partition coefficient (Wildman–Crippen LogP) is 2.42. The smallest absolute Gasteiger partial charge is 0.123 e. The maximum Gasteiger partial charge on any atom is 0.123 e. The van der Waals surface area contributed by atoms with E-state index in [0.717, 1.165) is 24.8 Å². The van der Waals surface area contributed by atoms with Gasteiger partial charge < -0.3 is 5.73 Å². The fraction of sp³-hybridized carbons (Fsp3) is 0.455. The first-order valence-electron chi connectivity index (χ1n) is 4.77. The van der Waals surface area contributed by atoms with Crippen molar-refractivity contribution in [2.45, 2.75) is 31.2 Å². The summed E-state index contributed by atoms with van der Waals surface area (Å²) in [5.74, 6) is 0.337. The van der Waals surface area contributed by atoms with Crippen LogP contribution in [0, 0.1) is 5.82 Å². The Morgan fingerprint density at radius 3 is 2.77 bits per heavy atom. The Labute approximate surface area is 77.8 Å². The molecule has 0 aromatic heterocycles. The highest BCUT2D eigenvalue weighted by Gasteiger charge is 2.22. The topological polar surface area (TPSA) is 26.0 Å². The van der Waals surface area contributed by atoms with Crippen LogP contribution in [0.15, 0.2) is 24.3 Å². The van der Waals surface area contributed by atoms with E-state index in [1.54, 1.807) is 12.1 Å². The van der Waals surface area contributed by atoms with Crippen molar-refractivity contribution >= 4 is 0 Å². The van der Waals surface area contributed by atoms with E-state index < -0.39 is 0 Å². The minimum Gasteiger partial charge on any atom is -0.328 e. The van der Waals surface area contributed by atoms with E-state index in [1.165, 1.54) is 6.07 Å². The molecule has 1 saturated carbocycles. The molecule has 2 heteroatoms. The van der Waals surface area contributed by atoms with Crippen molar-refractivity contribution in [2.24, 2.45) is 5.73 Å². The lowest BCUT2D eigenvalue weighted by Crippen LogP contribution is -2.14. The average molecular weight is 179 g/mol. The Morgan fingerprint density at radius 1 is 1.31 bits per heavy atom. The number of halogens is 1. The molecule has 0 spiro atoms. The molecule has 1 nitrogen and oxygen atoms in total. The van der Waals surface area contributed by atoms with Crippen LogP contribution in [0.4, 0.5) is 4.39 Å². The van der Waals surface area contributed by atoms with Gasteiger partial charge in [0.2, 0.25) is 0 Å². The average Bonchev–Trinajstić information content (AvgIpc) is 2.52. The van der Waals surface area contributed by atoms with Crippen LogP contribution >= 0.6 is 0 Å². The molecule has 2 rings (SSSR count). The van der Waals surface area contributed by atoms with Crippen LogP contribution in [0.25, 0.3) is 0 Å². The summed E-state index contributed by atoms with van der Waals surface area (Å²) in [6.07, 6.45) is 3.18. The van der Waals surface area contributed by atoms with Crippen LogP contribution < -0.4 is 5.73 Å². The molecule has 0 aliphatic heterocycles. The van der Waals surface area contributed by atoms with Crippen molar-refractivity contribution in [1.29, 1.82) is 0 Å². The van der Waals surface area contributed by atoms with Gasteiger partial charge in [-0.2, -0.15) is 0 Å². The largest absolute Gasteiger partial charge is 0.328 e. The maximum atomic E-state index is 12.9. The van der Waals surface area contributed by atoms with E-state index >= 15 is 0 Å². The molecule has 1 aromatic rings. The molecule has 0 radical (unpaired) electrons. The number of nitrogens with two attached hydrogens (primary N) is 1. The summed E-state index contributed by atoms with van der Waals surface area (Å²) in [6, 6.07) is 7.19. The second-order valence-corrected chi connectivity index (χ2v) is 3.83. The van der Waals surface area contributed by atoms with Crippen LogP contribution in [0.5, 0.6) is 0 Å². The molecule has 0 amide bonds. The summed E-state index contributed by atoms with van der Waals surface area (Å²) in [6.45, 7) is 0. The molecule has 0 bridgehead atoms. The number of hydrogen-bond acceptors (Lipinski definition) is 1. The fourth-order valence-electron chi connectivity index (χ4n) is 2.08. The summed E-state index contributed by atoms with van der Waals surface area (Å²) in [4.78, 5) is 0. The van der Waals surface area contributed by atoms with E-state index in [9.17, 15) is 4.39 Å². The molecule has 13 heavy (non-hydrogen) atoms. The van der Waals surface area contributed by atoms with Gasteiger partial charge in [-0.1, -0.05) is 12.1 Å². The summed E-state index contributed by atoms with van der Waals surface area (Å²) >= 11 is 0. The Bertz CT molecular complexity index is 298. The van der Waals surface area contributed by atoms with Gasteiger partial charge in [0.1, 0.15) is 5.82 Å². The Kier molecular flexibility index (Phi) is 2.32. The van der Waals surface area contributed by atoms with E-state index in [1.807, 2.05) is 6.07 Å². The van der Waals surface area contributed by atoms with Crippen LogP contribution in [-0.4, -0.2) is 6.04 Å². The number of rotatable bonds is 1. The fourth-order valence-corrected chi connectivity index (χ4v) is 2.08. The van der Waals surface area contributed by atoms with E-state index in [4.69, 9.17) is 5.73 Å². The molecule has 70 valence electrons. The van der Waals surface area contributed by atoms with Crippen LogP contribution in [-0.2, 0) is 0 Å². The zero-order chi connectivity index (χ0) is 9.26. The zero-order valence-corrected chi connectivity index (χ0v) is 7.54. The van der Waals surface area contributed by atoms with Gasteiger partial charge in [-0.25, -0.2) is 4.39 Å². The van der Waals surface area contributed by atoms with Crippen LogP contribution in [0.2, 0.25) is 0 Å². The number of hydrogen-bond donors (Lipinski definition) is 1. The van der Waals surface area contributed by atoms with Gasteiger partial charge in [-0.3, -0.25) is 0 Å². The lowest BCUT2D eigenvalue weighted by Gasteiger charge is -2.09.